The van der Waals surface area contributed by atoms with E-state index in [1.54, 1.807) is 18.2 Å². The molecular formula is C16H21FN2O2. The largest absolute Gasteiger partial charge is 0.494 e. The molecule has 0 saturated carbocycles. The topological polar surface area (TPSA) is 41.6 Å². The zero-order valence-electron chi connectivity index (χ0n) is 12.4. The molecule has 0 aliphatic carbocycles. The summed E-state index contributed by atoms with van der Waals surface area (Å²) in [7, 11) is 3.34. The summed E-state index contributed by atoms with van der Waals surface area (Å²) < 4.78 is 18.4. The minimum absolute atomic E-state index is 0.0233. The molecule has 1 aromatic rings. The van der Waals surface area contributed by atoms with Crippen LogP contribution < -0.4 is 10.1 Å². The van der Waals surface area contributed by atoms with Gasteiger partial charge in [0.1, 0.15) is 0 Å². The fourth-order valence-electron chi connectivity index (χ4n) is 2.55. The van der Waals surface area contributed by atoms with Gasteiger partial charge in [0, 0.05) is 19.2 Å². The van der Waals surface area contributed by atoms with Gasteiger partial charge < -0.3 is 15.0 Å². The van der Waals surface area contributed by atoms with Crippen LogP contribution in [0.5, 0.6) is 5.75 Å². The van der Waals surface area contributed by atoms with Crippen LogP contribution in [-0.4, -0.2) is 44.6 Å². The maximum Gasteiger partial charge on any atom is 0.246 e. The van der Waals surface area contributed by atoms with Crippen LogP contribution in [0.2, 0.25) is 0 Å². The van der Waals surface area contributed by atoms with E-state index in [0.29, 0.717) is 11.5 Å². The fourth-order valence-corrected chi connectivity index (χ4v) is 2.55. The van der Waals surface area contributed by atoms with E-state index in [1.165, 1.54) is 19.3 Å². The van der Waals surface area contributed by atoms with Crippen molar-refractivity contribution in [2.45, 2.75) is 6.42 Å². The summed E-state index contributed by atoms with van der Waals surface area (Å²) in [5.74, 6) is 0.269. The number of hydrogen-bond donors (Lipinski definition) is 1. The van der Waals surface area contributed by atoms with E-state index in [0.717, 1.165) is 26.1 Å². The molecule has 1 saturated heterocycles. The third-order valence-electron chi connectivity index (χ3n) is 3.68. The average molecular weight is 292 g/mol. The lowest BCUT2D eigenvalue weighted by atomic mass is 10.1. The first-order valence-electron chi connectivity index (χ1n) is 7.09. The van der Waals surface area contributed by atoms with Crippen molar-refractivity contribution in [1.29, 1.82) is 0 Å². The first kappa shape index (κ1) is 15.5. The van der Waals surface area contributed by atoms with Crippen molar-refractivity contribution in [3.05, 3.63) is 35.7 Å². The number of nitrogens with zero attached hydrogens (tertiary/aromatic N) is 1. The van der Waals surface area contributed by atoms with Gasteiger partial charge in [0.2, 0.25) is 5.91 Å². The predicted octanol–water partition coefficient (Wildman–Crippen LogP) is 1.92. The van der Waals surface area contributed by atoms with E-state index in [9.17, 15) is 9.18 Å². The number of benzene rings is 1. The Morgan fingerprint density at radius 3 is 3.05 bits per heavy atom. The summed E-state index contributed by atoms with van der Waals surface area (Å²) >= 11 is 0. The molecule has 1 aliphatic heterocycles. The molecule has 1 atom stereocenters. The van der Waals surface area contributed by atoms with E-state index >= 15 is 0 Å². The highest BCUT2D eigenvalue weighted by molar-refractivity contribution is 5.92. The monoisotopic (exact) mass is 292 g/mol. The quantitative estimate of drug-likeness (QED) is 0.843. The molecule has 0 aromatic heterocycles. The van der Waals surface area contributed by atoms with Gasteiger partial charge in [0.25, 0.3) is 0 Å². The zero-order chi connectivity index (χ0) is 15.2. The van der Waals surface area contributed by atoms with Crippen molar-refractivity contribution in [3.63, 3.8) is 0 Å². The van der Waals surface area contributed by atoms with Crippen LogP contribution in [0.1, 0.15) is 12.0 Å². The van der Waals surface area contributed by atoms with Crippen molar-refractivity contribution in [1.82, 2.24) is 10.2 Å². The molecule has 1 aliphatic rings. The number of carbonyl (C=O) groups excluding carboxylic acids is 1. The van der Waals surface area contributed by atoms with Crippen molar-refractivity contribution in [2.75, 3.05) is 33.8 Å². The molecule has 0 spiro atoms. The van der Waals surface area contributed by atoms with E-state index in [-0.39, 0.29) is 11.7 Å². The summed E-state index contributed by atoms with van der Waals surface area (Å²) in [6.07, 6.45) is 4.16. The van der Waals surface area contributed by atoms with Crippen LogP contribution in [-0.2, 0) is 4.79 Å². The smallest absolute Gasteiger partial charge is 0.246 e. The van der Waals surface area contributed by atoms with E-state index in [4.69, 9.17) is 4.74 Å². The van der Waals surface area contributed by atoms with Crippen molar-refractivity contribution in [3.8, 4) is 5.75 Å². The van der Waals surface area contributed by atoms with Crippen molar-refractivity contribution in [2.24, 2.45) is 5.92 Å². The molecule has 5 heteroatoms. The zero-order valence-corrected chi connectivity index (χ0v) is 12.4. The van der Waals surface area contributed by atoms with Gasteiger partial charge in [0.05, 0.1) is 7.11 Å². The van der Waals surface area contributed by atoms with Gasteiger partial charge in [0.15, 0.2) is 11.6 Å². The Balaban J connectivity index is 1.95. The number of ether oxygens (including phenoxy) is 1. The molecule has 1 aromatic carbocycles. The lowest BCUT2D eigenvalue weighted by Crippen LogP contribution is -2.28. The van der Waals surface area contributed by atoms with Crippen LogP contribution >= 0.6 is 0 Å². The SMILES string of the molecule is CNCC1CCN(C(=O)/C=C/c2ccc(OC)c(F)c2)C1. The summed E-state index contributed by atoms with van der Waals surface area (Å²) in [4.78, 5) is 13.9. The highest BCUT2D eigenvalue weighted by atomic mass is 19.1. The number of likely N-dealkylation sites (tertiary alicyclic amines) is 1. The summed E-state index contributed by atoms with van der Waals surface area (Å²) in [6.45, 7) is 2.49. The van der Waals surface area contributed by atoms with E-state index in [1.807, 2.05) is 11.9 Å². The second-order valence-corrected chi connectivity index (χ2v) is 5.22. The van der Waals surface area contributed by atoms with Crippen LogP contribution in [0.4, 0.5) is 4.39 Å². The highest BCUT2D eigenvalue weighted by Gasteiger charge is 2.24. The number of nitrogens with one attached hydrogen (secondary N) is 1. The predicted molar refractivity (Wildman–Crippen MR) is 80.6 cm³/mol. The molecule has 4 nitrogen and oxygen atoms in total. The molecule has 114 valence electrons. The Morgan fingerprint density at radius 1 is 1.57 bits per heavy atom. The third-order valence-corrected chi connectivity index (χ3v) is 3.68. The number of rotatable bonds is 5. The second-order valence-electron chi connectivity index (χ2n) is 5.22. The molecule has 1 fully saturated rings. The molecule has 0 bridgehead atoms. The standard InChI is InChI=1S/C16H21FN2O2/c1-18-10-13-7-8-19(11-13)16(20)6-4-12-3-5-15(21-2)14(17)9-12/h3-6,9,13,18H,7-8,10-11H2,1-2H3/b6-4+. The molecule has 1 amide bonds. The number of hydrogen-bond acceptors (Lipinski definition) is 3. The lowest BCUT2D eigenvalue weighted by molar-refractivity contribution is -0.125. The Kier molecular flexibility index (Phi) is 5.33. The summed E-state index contributed by atoms with van der Waals surface area (Å²) in [5.41, 5.74) is 0.646. The molecule has 1 unspecified atom stereocenters. The summed E-state index contributed by atoms with van der Waals surface area (Å²) in [5, 5.41) is 3.13. The van der Waals surface area contributed by atoms with Gasteiger partial charge in [-0.25, -0.2) is 4.39 Å². The second kappa shape index (κ2) is 7.22. The Bertz CT molecular complexity index is 531. The molecule has 0 radical (unpaired) electrons. The molecular weight excluding hydrogens is 271 g/mol. The third kappa shape index (κ3) is 4.04. The van der Waals surface area contributed by atoms with Gasteiger partial charge in [-0.3, -0.25) is 4.79 Å². The maximum atomic E-state index is 13.6. The van der Waals surface area contributed by atoms with Gasteiger partial charge in [-0.15, -0.1) is 0 Å². The average Bonchev–Trinajstić information content (AvgIpc) is 2.94. The normalized spacial score (nSPS) is 18.4. The number of amides is 1. The Hall–Kier alpha value is -1.88. The van der Waals surface area contributed by atoms with Crippen LogP contribution in [0.3, 0.4) is 0 Å². The fraction of sp³-hybridized carbons (Fsp3) is 0.438. The van der Waals surface area contributed by atoms with Crippen LogP contribution in [0.25, 0.3) is 6.08 Å². The van der Waals surface area contributed by atoms with Gasteiger partial charge in [-0.2, -0.15) is 0 Å². The van der Waals surface area contributed by atoms with Gasteiger partial charge in [-0.1, -0.05) is 6.07 Å². The van der Waals surface area contributed by atoms with E-state index < -0.39 is 5.82 Å². The van der Waals surface area contributed by atoms with Crippen LogP contribution in [0.15, 0.2) is 24.3 Å². The van der Waals surface area contributed by atoms with Crippen molar-refractivity contribution < 1.29 is 13.9 Å². The molecule has 1 N–H and O–H groups in total. The maximum absolute atomic E-state index is 13.6. The van der Waals surface area contributed by atoms with Gasteiger partial charge >= 0.3 is 0 Å². The lowest BCUT2D eigenvalue weighted by Gasteiger charge is -2.14. The molecule has 2 rings (SSSR count). The van der Waals surface area contributed by atoms with E-state index in [2.05, 4.69) is 5.32 Å². The Labute approximate surface area is 124 Å². The molecule has 21 heavy (non-hydrogen) atoms. The first-order valence-corrected chi connectivity index (χ1v) is 7.09. The van der Waals surface area contributed by atoms with Gasteiger partial charge in [-0.05, 0) is 49.7 Å². The van der Waals surface area contributed by atoms with Crippen LogP contribution in [0, 0.1) is 11.7 Å². The highest BCUT2D eigenvalue weighted by Crippen LogP contribution is 2.19. The Morgan fingerprint density at radius 2 is 2.38 bits per heavy atom. The number of methoxy groups -OCH3 is 1. The minimum Gasteiger partial charge on any atom is -0.494 e. The van der Waals surface area contributed by atoms with Crippen molar-refractivity contribution >= 4 is 12.0 Å². The number of carbonyl (C=O) groups is 1. The summed E-state index contributed by atoms with van der Waals surface area (Å²) in [6, 6.07) is 4.63. The first-order chi connectivity index (χ1) is 10.1. The molecule has 1 heterocycles. The minimum atomic E-state index is -0.428. The number of halogens is 1.